The van der Waals surface area contributed by atoms with E-state index in [0.717, 1.165) is 33.7 Å². The first-order valence-electron chi connectivity index (χ1n) is 13.8. The van der Waals surface area contributed by atoms with Gasteiger partial charge in [-0.25, -0.2) is 14.2 Å². The summed E-state index contributed by atoms with van der Waals surface area (Å²) in [5, 5.41) is 4.39. The van der Waals surface area contributed by atoms with Gasteiger partial charge in [0.2, 0.25) is 0 Å². The summed E-state index contributed by atoms with van der Waals surface area (Å²) in [6.45, 7) is 8.09. The van der Waals surface area contributed by atoms with E-state index in [1.54, 1.807) is 50.0 Å². The SMILES string of the molecule is Cc1c(CCOc2cc(F)ccc2-c2ccc3ncc(CCN(C)C(=O)OC(C)(C)C)n3c2)c(C(=O)N(C)C)nn1C. The van der Waals surface area contributed by atoms with Crippen LogP contribution in [-0.2, 0) is 24.6 Å². The number of fused-ring (bicyclic) bond motifs is 1. The van der Waals surface area contributed by atoms with Crippen LogP contribution < -0.4 is 4.74 Å². The number of hydrogen-bond donors (Lipinski definition) is 0. The fourth-order valence-electron chi connectivity index (χ4n) is 4.54. The first kappa shape index (κ1) is 30.5. The molecule has 0 aliphatic carbocycles. The Bertz CT molecular complexity index is 1600. The van der Waals surface area contributed by atoms with E-state index in [1.807, 2.05) is 50.4 Å². The van der Waals surface area contributed by atoms with E-state index in [1.165, 1.54) is 17.0 Å². The molecule has 0 radical (unpaired) electrons. The third kappa shape index (κ3) is 6.89. The van der Waals surface area contributed by atoms with Crippen molar-refractivity contribution in [1.29, 1.82) is 0 Å². The highest BCUT2D eigenvalue weighted by Gasteiger charge is 2.22. The average molecular weight is 579 g/mol. The zero-order chi connectivity index (χ0) is 30.8. The van der Waals surface area contributed by atoms with Gasteiger partial charge in [-0.05, 0) is 52.0 Å². The number of pyridine rings is 1. The van der Waals surface area contributed by atoms with Gasteiger partial charge in [0.05, 0.1) is 6.61 Å². The van der Waals surface area contributed by atoms with Crippen LogP contribution in [0.1, 0.15) is 48.2 Å². The van der Waals surface area contributed by atoms with Crippen molar-refractivity contribution in [3.8, 4) is 16.9 Å². The lowest BCUT2D eigenvalue weighted by molar-refractivity contribution is 0.0300. The van der Waals surface area contributed by atoms with Crippen molar-refractivity contribution in [3.63, 3.8) is 0 Å². The van der Waals surface area contributed by atoms with Gasteiger partial charge < -0.3 is 23.7 Å². The monoisotopic (exact) mass is 578 g/mol. The molecule has 0 aliphatic heterocycles. The number of rotatable bonds is 9. The molecule has 0 fully saturated rings. The van der Waals surface area contributed by atoms with Crippen LogP contribution in [0.2, 0.25) is 0 Å². The van der Waals surface area contributed by atoms with E-state index in [-0.39, 0.29) is 18.6 Å². The van der Waals surface area contributed by atoms with E-state index < -0.39 is 11.4 Å². The molecule has 0 N–H and O–H groups in total. The van der Waals surface area contributed by atoms with Crippen LogP contribution in [0.25, 0.3) is 16.8 Å². The maximum atomic E-state index is 14.3. The Hall–Kier alpha value is -4.41. The Kier molecular flexibility index (Phi) is 8.89. The predicted octanol–water partition coefficient (Wildman–Crippen LogP) is 4.92. The Labute approximate surface area is 245 Å². The minimum absolute atomic E-state index is 0.179. The quantitative estimate of drug-likeness (QED) is 0.280. The van der Waals surface area contributed by atoms with Gasteiger partial charge in [-0.15, -0.1) is 0 Å². The number of aromatic nitrogens is 4. The highest BCUT2D eigenvalue weighted by Crippen LogP contribution is 2.32. The van der Waals surface area contributed by atoms with Crippen molar-refractivity contribution in [2.75, 3.05) is 34.3 Å². The fraction of sp³-hybridized carbons (Fsp3) is 0.419. The molecule has 3 aromatic heterocycles. The summed E-state index contributed by atoms with van der Waals surface area (Å²) >= 11 is 0. The second kappa shape index (κ2) is 12.2. The molecule has 11 heteroatoms. The standard InChI is InChI=1S/C31H39FN6O4/c1-20-24(28(34-37(20)8)29(39)35(5)6)14-16-41-26-17-22(32)10-11-25(26)21-9-12-27-33-18-23(38(27)19-21)13-15-36(7)30(40)42-31(2,3)4/h9-12,17-19H,13-16H2,1-8H3. The molecule has 4 rings (SSSR count). The first-order chi connectivity index (χ1) is 19.7. The maximum absolute atomic E-state index is 14.3. The number of hydrogen-bond acceptors (Lipinski definition) is 6. The smallest absolute Gasteiger partial charge is 0.410 e. The molecule has 0 atom stereocenters. The van der Waals surface area contributed by atoms with Crippen LogP contribution in [0.3, 0.4) is 0 Å². The molecule has 0 saturated carbocycles. The Morgan fingerprint density at radius 3 is 2.50 bits per heavy atom. The summed E-state index contributed by atoms with van der Waals surface area (Å²) in [6.07, 6.45) is 4.33. The van der Waals surface area contributed by atoms with E-state index >= 15 is 0 Å². The van der Waals surface area contributed by atoms with E-state index in [2.05, 4.69) is 10.1 Å². The highest BCUT2D eigenvalue weighted by atomic mass is 19.1. The molecule has 0 aliphatic rings. The van der Waals surface area contributed by atoms with Gasteiger partial charge in [0, 0.05) is 94.1 Å². The Morgan fingerprint density at radius 1 is 1.07 bits per heavy atom. The number of aryl methyl sites for hydroxylation is 1. The van der Waals surface area contributed by atoms with Crippen LogP contribution in [-0.4, -0.2) is 80.9 Å². The second-order valence-corrected chi connectivity index (χ2v) is 11.5. The molecular formula is C31H39FN6O4. The zero-order valence-corrected chi connectivity index (χ0v) is 25.6. The van der Waals surface area contributed by atoms with Crippen molar-refractivity contribution in [2.24, 2.45) is 7.05 Å². The summed E-state index contributed by atoms with van der Waals surface area (Å²) in [5.41, 5.74) is 4.70. The minimum atomic E-state index is -0.568. The Balaban J connectivity index is 1.54. The first-order valence-corrected chi connectivity index (χ1v) is 13.8. The number of nitrogens with zero attached hydrogens (tertiary/aromatic N) is 6. The summed E-state index contributed by atoms with van der Waals surface area (Å²) in [5.74, 6) is -0.200. The molecule has 42 heavy (non-hydrogen) atoms. The van der Waals surface area contributed by atoms with Gasteiger partial charge in [0.1, 0.15) is 22.8 Å². The molecule has 1 aromatic carbocycles. The number of benzene rings is 1. The lowest BCUT2D eigenvalue weighted by Gasteiger charge is -2.24. The fourth-order valence-corrected chi connectivity index (χ4v) is 4.54. The number of likely N-dealkylation sites (N-methyl/N-ethyl adjacent to an activating group) is 1. The molecule has 224 valence electrons. The summed E-state index contributed by atoms with van der Waals surface area (Å²) in [6, 6.07) is 8.26. The molecule has 4 aromatic rings. The summed E-state index contributed by atoms with van der Waals surface area (Å²) in [4.78, 5) is 32.6. The Morgan fingerprint density at radius 2 is 1.81 bits per heavy atom. The van der Waals surface area contributed by atoms with Crippen LogP contribution in [0, 0.1) is 12.7 Å². The third-order valence-corrected chi connectivity index (χ3v) is 6.92. The zero-order valence-electron chi connectivity index (χ0n) is 25.6. The van der Waals surface area contributed by atoms with Crippen molar-refractivity contribution in [3.05, 3.63) is 71.2 Å². The molecule has 3 heterocycles. The maximum Gasteiger partial charge on any atom is 0.410 e. The third-order valence-electron chi connectivity index (χ3n) is 6.92. The lowest BCUT2D eigenvalue weighted by Crippen LogP contribution is -2.35. The second-order valence-electron chi connectivity index (χ2n) is 11.5. The van der Waals surface area contributed by atoms with Gasteiger partial charge in [0.25, 0.3) is 5.91 Å². The van der Waals surface area contributed by atoms with Gasteiger partial charge in [-0.1, -0.05) is 0 Å². The number of ether oxygens (including phenoxy) is 2. The van der Waals surface area contributed by atoms with Crippen molar-refractivity contribution in [2.45, 2.75) is 46.1 Å². The van der Waals surface area contributed by atoms with Gasteiger partial charge in [0.15, 0.2) is 5.69 Å². The highest BCUT2D eigenvalue weighted by molar-refractivity contribution is 5.93. The van der Waals surface area contributed by atoms with Crippen LogP contribution in [0.4, 0.5) is 9.18 Å². The number of carbonyl (C=O) groups excluding carboxylic acids is 2. The van der Waals surface area contributed by atoms with Gasteiger partial charge >= 0.3 is 6.09 Å². The largest absolute Gasteiger partial charge is 0.492 e. The molecule has 0 bridgehead atoms. The summed E-state index contributed by atoms with van der Waals surface area (Å²) < 4.78 is 29.6. The average Bonchev–Trinajstić information content (AvgIpc) is 3.45. The predicted molar refractivity (Wildman–Crippen MR) is 158 cm³/mol. The van der Waals surface area contributed by atoms with Gasteiger partial charge in [-0.2, -0.15) is 5.10 Å². The van der Waals surface area contributed by atoms with E-state index in [9.17, 15) is 14.0 Å². The van der Waals surface area contributed by atoms with Crippen molar-refractivity contribution >= 4 is 17.6 Å². The van der Waals surface area contributed by atoms with E-state index in [4.69, 9.17) is 9.47 Å². The topological polar surface area (TPSA) is 94.2 Å². The van der Waals surface area contributed by atoms with Crippen molar-refractivity contribution < 1.29 is 23.5 Å². The van der Waals surface area contributed by atoms with Crippen molar-refractivity contribution in [1.82, 2.24) is 29.0 Å². The molecule has 0 saturated heterocycles. The minimum Gasteiger partial charge on any atom is -0.492 e. The number of carbonyl (C=O) groups is 2. The molecule has 2 amide bonds. The van der Waals surface area contributed by atoms with E-state index in [0.29, 0.717) is 30.8 Å². The van der Waals surface area contributed by atoms with Crippen LogP contribution in [0.15, 0.2) is 42.7 Å². The normalized spacial score (nSPS) is 11.5. The lowest BCUT2D eigenvalue weighted by atomic mass is 10.1. The van der Waals surface area contributed by atoms with Crippen LogP contribution in [0.5, 0.6) is 5.75 Å². The number of amides is 2. The molecule has 0 spiro atoms. The molecule has 10 nitrogen and oxygen atoms in total. The van der Waals surface area contributed by atoms with Gasteiger partial charge in [-0.3, -0.25) is 9.48 Å². The number of halogens is 1. The number of imidazole rings is 1. The molecule has 0 unspecified atom stereocenters. The molecular weight excluding hydrogens is 539 g/mol. The van der Waals surface area contributed by atoms with Crippen LogP contribution >= 0.6 is 0 Å². The summed E-state index contributed by atoms with van der Waals surface area (Å²) in [7, 11) is 6.88.